The van der Waals surface area contributed by atoms with E-state index in [-0.39, 0.29) is 11.9 Å². The van der Waals surface area contributed by atoms with Gasteiger partial charge in [-0.15, -0.1) is 0 Å². The van der Waals surface area contributed by atoms with E-state index in [1.807, 2.05) is 27.0 Å². The van der Waals surface area contributed by atoms with E-state index in [0.717, 1.165) is 31.5 Å². The van der Waals surface area contributed by atoms with Gasteiger partial charge in [0.05, 0.1) is 12.7 Å². The minimum absolute atomic E-state index is 0.0685. The van der Waals surface area contributed by atoms with E-state index in [9.17, 15) is 4.79 Å². The molecule has 2 heterocycles. The Kier molecular flexibility index (Phi) is 8.96. The Hall–Kier alpha value is -2.57. The number of carbonyl (C=O) groups is 1. The van der Waals surface area contributed by atoms with Gasteiger partial charge in [0.1, 0.15) is 23.1 Å². The van der Waals surface area contributed by atoms with E-state index in [2.05, 4.69) is 43.5 Å². The fourth-order valence-electron chi connectivity index (χ4n) is 2.88. The molecule has 1 unspecified atom stereocenters. The third-order valence-electron chi connectivity index (χ3n) is 4.33. The SMILES string of the molecule is CC(C)NC(=O)CN(C)CCCCC(C)c1cc(Nc2ncc(C#N)s2)ncn1. The zero-order valence-corrected chi connectivity index (χ0v) is 18.3. The van der Waals surface area contributed by atoms with Crippen LogP contribution in [0.3, 0.4) is 0 Å². The van der Waals surface area contributed by atoms with Crippen molar-refractivity contribution in [1.29, 1.82) is 5.26 Å². The molecular weight excluding hydrogens is 386 g/mol. The lowest BCUT2D eigenvalue weighted by Gasteiger charge is -2.18. The lowest BCUT2D eigenvalue weighted by molar-refractivity contribution is -0.122. The molecule has 0 aliphatic rings. The first-order valence-corrected chi connectivity index (χ1v) is 10.6. The fourth-order valence-corrected chi connectivity index (χ4v) is 3.50. The van der Waals surface area contributed by atoms with Crippen LogP contribution in [0.15, 0.2) is 18.6 Å². The van der Waals surface area contributed by atoms with Gasteiger partial charge >= 0.3 is 0 Å². The first-order chi connectivity index (χ1) is 13.9. The normalized spacial score (nSPS) is 12.0. The Morgan fingerprint density at radius 3 is 2.76 bits per heavy atom. The van der Waals surface area contributed by atoms with Crippen molar-refractivity contribution >= 4 is 28.2 Å². The molecule has 1 amide bonds. The van der Waals surface area contributed by atoms with Gasteiger partial charge < -0.3 is 10.6 Å². The van der Waals surface area contributed by atoms with Crippen molar-refractivity contribution < 1.29 is 4.79 Å². The van der Waals surface area contributed by atoms with Crippen molar-refractivity contribution in [2.45, 2.75) is 52.0 Å². The highest BCUT2D eigenvalue weighted by Gasteiger charge is 2.11. The Morgan fingerprint density at radius 2 is 2.07 bits per heavy atom. The number of unbranched alkanes of at least 4 members (excludes halogenated alkanes) is 1. The maximum atomic E-state index is 11.8. The van der Waals surface area contributed by atoms with Crippen LogP contribution >= 0.6 is 11.3 Å². The summed E-state index contributed by atoms with van der Waals surface area (Å²) in [7, 11) is 1.97. The van der Waals surface area contributed by atoms with Gasteiger partial charge in [-0.2, -0.15) is 5.26 Å². The molecule has 0 radical (unpaired) electrons. The minimum Gasteiger partial charge on any atom is -0.353 e. The van der Waals surface area contributed by atoms with Crippen LogP contribution in [0.5, 0.6) is 0 Å². The molecule has 0 aliphatic carbocycles. The molecule has 0 saturated heterocycles. The van der Waals surface area contributed by atoms with E-state index >= 15 is 0 Å². The molecule has 8 nitrogen and oxygen atoms in total. The van der Waals surface area contributed by atoms with Crippen molar-refractivity contribution in [3.05, 3.63) is 29.2 Å². The average Bonchev–Trinajstić information content (AvgIpc) is 3.12. The van der Waals surface area contributed by atoms with Gasteiger partial charge in [-0.3, -0.25) is 9.69 Å². The Balaban J connectivity index is 1.75. The average molecular weight is 416 g/mol. The van der Waals surface area contributed by atoms with E-state index in [4.69, 9.17) is 5.26 Å². The molecule has 2 N–H and O–H groups in total. The van der Waals surface area contributed by atoms with E-state index in [1.54, 1.807) is 12.5 Å². The largest absolute Gasteiger partial charge is 0.353 e. The molecule has 9 heteroatoms. The highest BCUT2D eigenvalue weighted by atomic mass is 32.1. The quantitative estimate of drug-likeness (QED) is 0.542. The number of hydrogen-bond donors (Lipinski definition) is 2. The van der Waals surface area contributed by atoms with Crippen molar-refractivity contribution in [3.8, 4) is 6.07 Å². The molecule has 0 fully saturated rings. The van der Waals surface area contributed by atoms with Crippen molar-refractivity contribution in [3.63, 3.8) is 0 Å². The number of aromatic nitrogens is 3. The fraction of sp³-hybridized carbons (Fsp3) is 0.550. The lowest BCUT2D eigenvalue weighted by atomic mass is 10.00. The first kappa shape index (κ1) is 22.7. The molecule has 1 atom stereocenters. The molecule has 0 aliphatic heterocycles. The third-order valence-corrected chi connectivity index (χ3v) is 5.15. The third kappa shape index (κ3) is 8.13. The molecular formula is C20H29N7OS. The van der Waals surface area contributed by atoms with Gasteiger partial charge in [0.15, 0.2) is 5.13 Å². The Morgan fingerprint density at radius 1 is 1.28 bits per heavy atom. The van der Waals surface area contributed by atoms with Gasteiger partial charge in [0.25, 0.3) is 0 Å². The van der Waals surface area contributed by atoms with E-state index in [0.29, 0.717) is 28.3 Å². The predicted octanol–water partition coefficient (Wildman–Crippen LogP) is 3.28. The molecule has 2 aromatic heterocycles. The van der Waals surface area contributed by atoms with Crippen LogP contribution in [0.1, 0.15) is 56.5 Å². The number of rotatable bonds is 11. The van der Waals surface area contributed by atoms with Crippen LogP contribution in [-0.2, 0) is 4.79 Å². The lowest BCUT2D eigenvalue weighted by Crippen LogP contribution is -2.38. The van der Waals surface area contributed by atoms with E-state index < -0.39 is 0 Å². The second-order valence-electron chi connectivity index (χ2n) is 7.45. The molecule has 29 heavy (non-hydrogen) atoms. The molecule has 2 rings (SSSR count). The number of anilines is 2. The molecule has 2 aromatic rings. The van der Waals surface area contributed by atoms with Crippen molar-refractivity contribution in [2.75, 3.05) is 25.5 Å². The molecule has 156 valence electrons. The highest BCUT2D eigenvalue weighted by Crippen LogP contribution is 2.24. The standard InChI is InChI=1S/C20H29N7OS/c1-14(2)25-19(28)12-27(4)8-6-5-7-15(3)17-9-18(24-13-23-17)26-20-22-11-16(10-21)29-20/h9,11,13-15H,5-8,12H2,1-4H3,(H,25,28)(H,22,23,24,26). The van der Waals surface area contributed by atoms with Crippen LogP contribution in [0.2, 0.25) is 0 Å². The van der Waals surface area contributed by atoms with Gasteiger partial charge in [-0.05, 0) is 46.2 Å². The number of carbonyl (C=O) groups excluding carboxylic acids is 1. The number of amides is 1. The summed E-state index contributed by atoms with van der Waals surface area (Å²) in [5.41, 5.74) is 0.976. The first-order valence-electron chi connectivity index (χ1n) is 9.80. The van der Waals surface area contributed by atoms with Crippen LogP contribution in [0, 0.1) is 11.3 Å². The van der Waals surface area contributed by atoms with Crippen LogP contribution in [-0.4, -0.2) is 51.9 Å². The number of hydrogen-bond acceptors (Lipinski definition) is 8. The summed E-state index contributed by atoms with van der Waals surface area (Å²) < 4.78 is 0. The zero-order chi connectivity index (χ0) is 21.2. The highest BCUT2D eigenvalue weighted by molar-refractivity contribution is 7.16. The molecule has 0 saturated carbocycles. The van der Waals surface area contributed by atoms with Gasteiger partial charge in [0, 0.05) is 17.8 Å². The summed E-state index contributed by atoms with van der Waals surface area (Å²) in [5, 5.41) is 15.6. The number of thiazole rings is 1. The van der Waals surface area contributed by atoms with Gasteiger partial charge in [0.2, 0.25) is 5.91 Å². The summed E-state index contributed by atoms with van der Waals surface area (Å²) in [5.74, 6) is 1.05. The maximum absolute atomic E-state index is 11.8. The van der Waals surface area contributed by atoms with Crippen molar-refractivity contribution in [1.82, 2.24) is 25.2 Å². The predicted molar refractivity (Wildman–Crippen MR) is 115 cm³/mol. The summed E-state index contributed by atoms with van der Waals surface area (Å²) >= 11 is 1.29. The Labute approximate surface area is 176 Å². The second-order valence-corrected chi connectivity index (χ2v) is 8.48. The minimum atomic E-state index is 0.0685. The summed E-state index contributed by atoms with van der Waals surface area (Å²) in [4.78, 5) is 27.2. The summed E-state index contributed by atoms with van der Waals surface area (Å²) in [6, 6.07) is 4.18. The number of nitriles is 1. The molecule has 0 aromatic carbocycles. The maximum Gasteiger partial charge on any atom is 0.234 e. The number of nitrogens with zero attached hydrogens (tertiary/aromatic N) is 5. The second kappa shape index (κ2) is 11.4. The smallest absolute Gasteiger partial charge is 0.234 e. The molecule has 0 spiro atoms. The number of likely N-dealkylation sites (N-methyl/N-ethyl adjacent to an activating group) is 1. The van der Waals surface area contributed by atoms with Crippen LogP contribution in [0.25, 0.3) is 0 Å². The summed E-state index contributed by atoms with van der Waals surface area (Å²) in [6.45, 7) is 7.41. The number of nitrogens with one attached hydrogen (secondary N) is 2. The monoisotopic (exact) mass is 415 g/mol. The van der Waals surface area contributed by atoms with Gasteiger partial charge in [-0.25, -0.2) is 15.0 Å². The van der Waals surface area contributed by atoms with Crippen LogP contribution in [0.4, 0.5) is 10.9 Å². The molecule has 0 bridgehead atoms. The zero-order valence-electron chi connectivity index (χ0n) is 17.5. The topological polar surface area (TPSA) is 107 Å². The summed E-state index contributed by atoms with van der Waals surface area (Å²) in [6.07, 6.45) is 6.19. The van der Waals surface area contributed by atoms with Gasteiger partial charge in [-0.1, -0.05) is 24.7 Å². The Bertz CT molecular complexity index is 830. The van der Waals surface area contributed by atoms with Crippen LogP contribution < -0.4 is 10.6 Å². The van der Waals surface area contributed by atoms with E-state index in [1.165, 1.54) is 11.3 Å². The van der Waals surface area contributed by atoms with Crippen molar-refractivity contribution in [2.24, 2.45) is 0 Å².